The van der Waals surface area contributed by atoms with Crippen LogP contribution in [0.4, 0.5) is 14.6 Å². The Morgan fingerprint density at radius 2 is 1.86 bits per heavy atom. The first-order valence-corrected chi connectivity index (χ1v) is 11.4. The van der Waals surface area contributed by atoms with Crippen molar-refractivity contribution in [3.8, 4) is 41.2 Å². The first-order chi connectivity index (χ1) is 17.4. The van der Waals surface area contributed by atoms with E-state index in [-0.39, 0.29) is 69.2 Å². The van der Waals surface area contributed by atoms with E-state index >= 15 is 4.39 Å². The zero-order valence-corrected chi connectivity index (χ0v) is 21.0. The Bertz CT molecular complexity index is 1560. The van der Waals surface area contributed by atoms with Gasteiger partial charge < -0.3 is 25.0 Å². The predicted molar refractivity (Wildman–Crippen MR) is 137 cm³/mol. The molecule has 0 saturated carbocycles. The van der Waals surface area contributed by atoms with Crippen LogP contribution in [0.25, 0.3) is 32.9 Å². The number of aromatic hydroxyl groups is 1. The molecule has 0 amide bonds. The van der Waals surface area contributed by atoms with Gasteiger partial charge in [-0.2, -0.15) is 9.97 Å². The van der Waals surface area contributed by atoms with Gasteiger partial charge in [-0.25, -0.2) is 13.8 Å². The Labute approximate surface area is 212 Å². The number of benzene rings is 2. The molecule has 0 fully saturated rings. The van der Waals surface area contributed by atoms with Crippen LogP contribution in [0.3, 0.4) is 0 Å². The van der Waals surface area contributed by atoms with Gasteiger partial charge in [0.1, 0.15) is 34.0 Å². The highest BCUT2D eigenvalue weighted by atomic mass is 19.1. The number of pyridine rings is 1. The topological polar surface area (TPSA) is 110 Å². The molecule has 2 heterocycles. The van der Waals surface area contributed by atoms with E-state index in [9.17, 15) is 14.6 Å². The second kappa shape index (κ2) is 9.67. The smallest absolute Gasteiger partial charge is 0.318 e. The van der Waals surface area contributed by atoms with E-state index in [1.54, 1.807) is 27.7 Å². The summed E-state index contributed by atoms with van der Waals surface area (Å²) in [6.07, 6.45) is 5.22. The van der Waals surface area contributed by atoms with Crippen LogP contribution in [0, 0.1) is 24.0 Å². The Hall–Kier alpha value is -4.23. The molecular formula is C27H26F2N4O4. The van der Waals surface area contributed by atoms with Gasteiger partial charge in [0.2, 0.25) is 5.88 Å². The average Bonchev–Trinajstić information content (AvgIpc) is 2.83. The summed E-state index contributed by atoms with van der Waals surface area (Å²) in [5.41, 5.74) is -1.63. The molecule has 0 spiro atoms. The fourth-order valence-corrected chi connectivity index (χ4v) is 3.88. The third-order valence-corrected chi connectivity index (χ3v) is 5.40. The van der Waals surface area contributed by atoms with E-state index in [1.807, 2.05) is 0 Å². The number of aliphatic hydroxyl groups is 1. The highest BCUT2D eigenvalue weighted by Gasteiger charge is 2.26. The van der Waals surface area contributed by atoms with Crippen molar-refractivity contribution in [1.29, 1.82) is 0 Å². The fraction of sp³-hybridized carbons (Fsp3) is 0.296. The maximum atomic E-state index is 16.3. The van der Waals surface area contributed by atoms with Crippen LogP contribution < -0.4 is 14.8 Å². The minimum Gasteiger partial charge on any atom is -0.508 e. The zero-order chi connectivity index (χ0) is 27.1. The molecule has 37 heavy (non-hydrogen) atoms. The van der Waals surface area contributed by atoms with Gasteiger partial charge >= 0.3 is 6.01 Å². The number of nitrogens with zero attached hydrogens (tertiary/aromatic N) is 3. The number of fused-ring (bicyclic) bond motifs is 2. The highest BCUT2D eigenvalue weighted by molar-refractivity contribution is 6.04. The minimum absolute atomic E-state index is 0.0162. The minimum atomic E-state index is -1.12. The first kappa shape index (κ1) is 25.9. The number of hydrogen-bond acceptors (Lipinski definition) is 8. The number of aromatic nitrogens is 3. The number of phenolic OH excluding ortho intramolecular Hbond substituents is 1. The Balaban J connectivity index is 2.13. The van der Waals surface area contributed by atoms with Gasteiger partial charge in [-0.1, -0.05) is 12.0 Å². The van der Waals surface area contributed by atoms with Gasteiger partial charge in [-0.05, 0) is 51.3 Å². The standard InChI is InChI=1S/C27H26F2N4O4/c1-7-16-18(28)9-8-14-10-15(34)11-17(19(14)16)22-21(29)23-20(25(31-22)37-13(2)3)24(30-12-27(4,5)35)33-26(32-23)36-6/h1,8-11,13,34-35H,12H2,2-6H3,(H,30,32,33). The summed E-state index contributed by atoms with van der Waals surface area (Å²) in [6.45, 7) is 6.78. The summed E-state index contributed by atoms with van der Waals surface area (Å²) in [5.74, 6) is 0.664. The van der Waals surface area contributed by atoms with Crippen molar-refractivity contribution in [2.75, 3.05) is 19.0 Å². The Morgan fingerprint density at radius 1 is 1.14 bits per heavy atom. The Kier molecular flexibility index (Phi) is 6.76. The first-order valence-electron chi connectivity index (χ1n) is 11.4. The monoisotopic (exact) mass is 508 g/mol. The molecule has 192 valence electrons. The van der Waals surface area contributed by atoms with Crippen molar-refractivity contribution in [3.63, 3.8) is 0 Å². The molecule has 0 saturated heterocycles. The normalized spacial score (nSPS) is 11.7. The molecule has 4 rings (SSSR count). The van der Waals surface area contributed by atoms with Crippen molar-refractivity contribution < 1.29 is 28.5 Å². The van der Waals surface area contributed by atoms with E-state index in [2.05, 4.69) is 26.2 Å². The van der Waals surface area contributed by atoms with Crippen molar-refractivity contribution in [3.05, 3.63) is 41.5 Å². The van der Waals surface area contributed by atoms with Gasteiger partial charge in [0.15, 0.2) is 5.82 Å². The molecule has 3 N–H and O–H groups in total. The molecule has 0 unspecified atom stereocenters. The summed E-state index contributed by atoms with van der Waals surface area (Å²) >= 11 is 0. The van der Waals surface area contributed by atoms with Gasteiger partial charge in [0, 0.05) is 17.5 Å². The van der Waals surface area contributed by atoms with Gasteiger partial charge in [0.05, 0.1) is 24.4 Å². The molecule has 0 aliphatic carbocycles. The molecule has 0 atom stereocenters. The van der Waals surface area contributed by atoms with E-state index in [0.717, 1.165) is 0 Å². The number of ether oxygens (including phenoxy) is 2. The van der Waals surface area contributed by atoms with Gasteiger partial charge in [0.25, 0.3) is 0 Å². The molecule has 8 nitrogen and oxygen atoms in total. The zero-order valence-electron chi connectivity index (χ0n) is 21.0. The number of methoxy groups -OCH3 is 1. The largest absolute Gasteiger partial charge is 0.508 e. The van der Waals surface area contributed by atoms with Crippen LogP contribution in [-0.4, -0.2) is 50.5 Å². The molecule has 4 aromatic rings. The molecule has 2 aromatic carbocycles. The number of halogens is 2. The van der Waals surface area contributed by atoms with Gasteiger partial charge in [-0.3, -0.25) is 0 Å². The maximum Gasteiger partial charge on any atom is 0.318 e. The van der Waals surface area contributed by atoms with Crippen LogP contribution in [-0.2, 0) is 0 Å². The summed E-state index contributed by atoms with van der Waals surface area (Å²) in [7, 11) is 1.33. The van der Waals surface area contributed by atoms with Crippen LogP contribution in [0.2, 0.25) is 0 Å². The van der Waals surface area contributed by atoms with E-state index < -0.39 is 17.2 Å². The number of hydrogen-bond donors (Lipinski definition) is 3. The van der Waals surface area contributed by atoms with Crippen molar-refractivity contribution >= 4 is 27.5 Å². The predicted octanol–water partition coefficient (Wildman–Crippen LogP) is 4.79. The van der Waals surface area contributed by atoms with Crippen molar-refractivity contribution in [1.82, 2.24) is 15.0 Å². The Morgan fingerprint density at radius 3 is 2.49 bits per heavy atom. The molecule has 10 heteroatoms. The molecule has 0 radical (unpaired) electrons. The highest BCUT2D eigenvalue weighted by Crippen LogP contribution is 2.41. The van der Waals surface area contributed by atoms with Crippen LogP contribution in [0.5, 0.6) is 17.6 Å². The maximum absolute atomic E-state index is 16.3. The average molecular weight is 509 g/mol. The molecule has 0 aliphatic rings. The lowest BCUT2D eigenvalue weighted by molar-refractivity contribution is 0.0944. The summed E-state index contributed by atoms with van der Waals surface area (Å²) < 4.78 is 42.0. The molecular weight excluding hydrogens is 482 g/mol. The lowest BCUT2D eigenvalue weighted by atomic mass is 9.95. The quantitative estimate of drug-likeness (QED) is 0.306. The lowest BCUT2D eigenvalue weighted by Crippen LogP contribution is -2.29. The lowest BCUT2D eigenvalue weighted by Gasteiger charge is -2.21. The second-order valence-corrected chi connectivity index (χ2v) is 9.35. The summed E-state index contributed by atoms with van der Waals surface area (Å²) in [5, 5.41) is 24.3. The van der Waals surface area contributed by atoms with E-state index in [0.29, 0.717) is 5.39 Å². The van der Waals surface area contributed by atoms with Crippen LogP contribution >= 0.6 is 0 Å². The third kappa shape index (κ3) is 5.04. The number of rotatable bonds is 7. The second-order valence-electron chi connectivity index (χ2n) is 9.35. The molecule has 0 aliphatic heterocycles. The number of anilines is 1. The van der Waals surface area contributed by atoms with E-state index in [4.69, 9.17) is 15.9 Å². The summed E-state index contributed by atoms with van der Waals surface area (Å²) in [6, 6.07) is 5.12. The molecule has 2 aromatic heterocycles. The fourth-order valence-electron chi connectivity index (χ4n) is 3.88. The van der Waals surface area contributed by atoms with Crippen molar-refractivity contribution in [2.45, 2.75) is 39.4 Å². The number of terminal acetylenes is 1. The third-order valence-electron chi connectivity index (χ3n) is 5.40. The van der Waals surface area contributed by atoms with Crippen LogP contribution in [0.15, 0.2) is 24.3 Å². The molecule has 0 bridgehead atoms. The number of nitrogens with one attached hydrogen (secondary N) is 1. The van der Waals surface area contributed by atoms with E-state index in [1.165, 1.54) is 31.4 Å². The van der Waals surface area contributed by atoms with Gasteiger partial charge in [-0.15, -0.1) is 6.42 Å². The summed E-state index contributed by atoms with van der Waals surface area (Å²) in [4.78, 5) is 12.9. The van der Waals surface area contributed by atoms with Crippen molar-refractivity contribution in [2.24, 2.45) is 0 Å². The number of phenols is 1. The SMILES string of the molecule is C#Cc1c(F)ccc2cc(O)cc(-c3nc(OC(C)C)c4c(NCC(C)(C)O)nc(OC)nc4c3F)c12. The van der Waals surface area contributed by atoms with Crippen LogP contribution in [0.1, 0.15) is 33.3 Å².